The quantitative estimate of drug-likeness (QED) is 0.633. The molecule has 10 nitrogen and oxygen atoms in total. The molecule has 0 amide bonds. The SMILES string of the molecule is COCCC(COP(=O)(O)OC)Cn1cnc2c(N)ncnc21. The van der Waals surface area contributed by atoms with E-state index in [0.29, 0.717) is 36.6 Å². The molecule has 0 saturated carbocycles. The lowest BCUT2D eigenvalue weighted by molar-refractivity contribution is 0.118. The van der Waals surface area contributed by atoms with Gasteiger partial charge in [-0.25, -0.2) is 19.5 Å². The first-order valence-corrected chi connectivity index (χ1v) is 8.39. The Hall–Kier alpha value is -1.58. The molecule has 23 heavy (non-hydrogen) atoms. The minimum Gasteiger partial charge on any atom is -0.385 e. The highest BCUT2D eigenvalue weighted by molar-refractivity contribution is 7.47. The molecule has 0 bridgehead atoms. The zero-order valence-corrected chi connectivity index (χ0v) is 13.8. The highest BCUT2D eigenvalue weighted by Gasteiger charge is 2.22. The van der Waals surface area contributed by atoms with E-state index >= 15 is 0 Å². The monoisotopic (exact) mass is 345 g/mol. The number of nitrogen functional groups attached to an aromatic ring is 1. The highest BCUT2D eigenvalue weighted by atomic mass is 31.2. The number of anilines is 1. The summed E-state index contributed by atoms with van der Waals surface area (Å²) in [4.78, 5) is 21.6. The molecule has 128 valence electrons. The van der Waals surface area contributed by atoms with Crippen LogP contribution in [-0.4, -0.2) is 51.8 Å². The summed E-state index contributed by atoms with van der Waals surface area (Å²) >= 11 is 0. The standard InChI is InChI=1S/C12H20N5O5P/c1-20-4-3-9(6-22-23(18,19)21-2)5-17-8-16-10-11(13)14-7-15-12(10)17/h7-9H,3-6H2,1-2H3,(H,18,19)(H2,13,14,15). The van der Waals surface area contributed by atoms with Gasteiger partial charge in [-0.1, -0.05) is 0 Å². The Labute approximate surface area is 133 Å². The largest absolute Gasteiger partial charge is 0.471 e. The lowest BCUT2D eigenvalue weighted by Crippen LogP contribution is -2.18. The number of nitrogens with two attached hydrogens (primary N) is 1. The minimum absolute atomic E-state index is 0.0330. The van der Waals surface area contributed by atoms with Crippen molar-refractivity contribution < 1.29 is 23.2 Å². The molecule has 2 rings (SSSR count). The minimum atomic E-state index is -4.02. The summed E-state index contributed by atoms with van der Waals surface area (Å²) in [5.74, 6) is 0.205. The van der Waals surface area contributed by atoms with Crippen LogP contribution in [0.25, 0.3) is 11.2 Å². The van der Waals surface area contributed by atoms with Crippen LogP contribution in [0, 0.1) is 5.92 Å². The van der Waals surface area contributed by atoms with Crippen LogP contribution in [-0.2, 0) is 24.9 Å². The molecule has 2 atom stereocenters. The first-order chi connectivity index (χ1) is 11.0. The molecule has 0 fully saturated rings. The van der Waals surface area contributed by atoms with E-state index < -0.39 is 7.82 Å². The lowest BCUT2D eigenvalue weighted by Gasteiger charge is -2.18. The molecular weight excluding hydrogens is 325 g/mol. The van der Waals surface area contributed by atoms with Crippen LogP contribution in [0.1, 0.15) is 6.42 Å². The maximum Gasteiger partial charge on any atom is 0.471 e. The van der Waals surface area contributed by atoms with Crippen LogP contribution in [0.15, 0.2) is 12.7 Å². The number of phosphoric ester groups is 1. The average molecular weight is 345 g/mol. The zero-order chi connectivity index (χ0) is 16.9. The molecule has 2 aromatic rings. The van der Waals surface area contributed by atoms with E-state index in [9.17, 15) is 9.46 Å². The van der Waals surface area contributed by atoms with Gasteiger partial charge in [0, 0.05) is 33.3 Å². The molecule has 0 spiro atoms. The number of nitrogens with zero attached hydrogens (tertiary/aromatic N) is 4. The zero-order valence-electron chi connectivity index (χ0n) is 13.0. The number of fused-ring (bicyclic) bond motifs is 1. The second kappa shape index (κ2) is 7.80. The van der Waals surface area contributed by atoms with Gasteiger partial charge in [-0.15, -0.1) is 0 Å². The molecule has 0 radical (unpaired) electrons. The topological polar surface area (TPSA) is 135 Å². The number of methoxy groups -OCH3 is 1. The number of hydrogen-bond acceptors (Lipinski definition) is 8. The van der Waals surface area contributed by atoms with Crippen molar-refractivity contribution in [3.8, 4) is 0 Å². The average Bonchev–Trinajstić information content (AvgIpc) is 2.94. The molecular formula is C12H20N5O5P. The summed E-state index contributed by atoms with van der Waals surface area (Å²) in [6, 6.07) is 0. The summed E-state index contributed by atoms with van der Waals surface area (Å²) in [6.45, 7) is 0.992. The van der Waals surface area contributed by atoms with Crippen LogP contribution >= 0.6 is 7.82 Å². The molecule has 3 N–H and O–H groups in total. The van der Waals surface area contributed by atoms with E-state index in [-0.39, 0.29) is 12.5 Å². The second-order valence-corrected chi connectivity index (χ2v) is 6.48. The van der Waals surface area contributed by atoms with Crippen molar-refractivity contribution in [2.45, 2.75) is 13.0 Å². The van der Waals surface area contributed by atoms with Crippen LogP contribution in [0.4, 0.5) is 5.82 Å². The molecule has 11 heteroatoms. The molecule has 0 aliphatic rings. The Balaban J connectivity index is 2.12. The van der Waals surface area contributed by atoms with E-state index in [1.165, 1.54) is 6.33 Å². The van der Waals surface area contributed by atoms with Gasteiger partial charge < -0.3 is 19.9 Å². The smallest absolute Gasteiger partial charge is 0.385 e. The van der Waals surface area contributed by atoms with Crippen LogP contribution < -0.4 is 5.73 Å². The molecule has 2 aromatic heterocycles. The van der Waals surface area contributed by atoms with Crippen LogP contribution in [0.2, 0.25) is 0 Å². The van der Waals surface area contributed by atoms with E-state index in [0.717, 1.165) is 7.11 Å². The summed E-state index contributed by atoms with van der Waals surface area (Å²) in [5.41, 5.74) is 6.87. The number of rotatable bonds is 9. The Bertz CT molecular complexity index is 694. The fourth-order valence-corrected chi connectivity index (χ4v) is 2.58. The predicted molar refractivity (Wildman–Crippen MR) is 82.5 cm³/mol. The van der Waals surface area contributed by atoms with E-state index in [2.05, 4.69) is 19.5 Å². The third-order valence-corrected chi connectivity index (χ3v) is 4.26. The first kappa shape index (κ1) is 17.8. The van der Waals surface area contributed by atoms with Gasteiger partial charge in [0.1, 0.15) is 11.8 Å². The van der Waals surface area contributed by atoms with Gasteiger partial charge >= 0.3 is 7.82 Å². The van der Waals surface area contributed by atoms with Gasteiger partial charge in [0.15, 0.2) is 11.5 Å². The van der Waals surface area contributed by atoms with Gasteiger partial charge in [-0.05, 0) is 6.42 Å². The molecule has 0 aliphatic heterocycles. The van der Waals surface area contributed by atoms with Gasteiger partial charge in [-0.2, -0.15) is 0 Å². The van der Waals surface area contributed by atoms with Crippen molar-refractivity contribution >= 4 is 24.8 Å². The maximum absolute atomic E-state index is 11.4. The van der Waals surface area contributed by atoms with Crippen LogP contribution in [0.3, 0.4) is 0 Å². The summed E-state index contributed by atoms with van der Waals surface area (Å²) in [7, 11) is -1.31. The molecule has 2 unspecified atom stereocenters. The van der Waals surface area contributed by atoms with E-state index in [1.807, 2.05) is 0 Å². The number of imidazole rings is 1. The Morgan fingerprint density at radius 2 is 2.17 bits per heavy atom. The van der Waals surface area contributed by atoms with Gasteiger partial charge in [0.2, 0.25) is 0 Å². The third kappa shape index (κ3) is 4.69. The fraction of sp³-hybridized carbons (Fsp3) is 0.583. The number of aromatic nitrogens is 4. The van der Waals surface area contributed by atoms with Gasteiger partial charge in [-0.3, -0.25) is 9.05 Å². The van der Waals surface area contributed by atoms with Crippen molar-refractivity contribution in [3.05, 3.63) is 12.7 Å². The molecule has 2 heterocycles. The summed E-state index contributed by atoms with van der Waals surface area (Å²) < 4.78 is 27.7. The number of ether oxygens (including phenoxy) is 1. The molecule has 0 aromatic carbocycles. The Morgan fingerprint density at radius 3 is 2.87 bits per heavy atom. The van der Waals surface area contributed by atoms with Crippen molar-refractivity contribution in [2.24, 2.45) is 5.92 Å². The van der Waals surface area contributed by atoms with Crippen molar-refractivity contribution in [1.82, 2.24) is 19.5 Å². The van der Waals surface area contributed by atoms with E-state index in [4.69, 9.17) is 15.0 Å². The molecule has 0 saturated heterocycles. The van der Waals surface area contributed by atoms with Gasteiger partial charge in [0.25, 0.3) is 0 Å². The van der Waals surface area contributed by atoms with E-state index in [1.54, 1.807) is 18.0 Å². The third-order valence-electron chi connectivity index (χ3n) is 3.32. The molecule has 0 aliphatic carbocycles. The van der Waals surface area contributed by atoms with Crippen molar-refractivity contribution in [1.29, 1.82) is 0 Å². The van der Waals surface area contributed by atoms with Crippen molar-refractivity contribution in [3.63, 3.8) is 0 Å². The maximum atomic E-state index is 11.4. The highest BCUT2D eigenvalue weighted by Crippen LogP contribution is 2.42. The Morgan fingerprint density at radius 1 is 1.39 bits per heavy atom. The number of phosphoric acid groups is 1. The van der Waals surface area contributed by atoms with Gasteiger partial charge in [0.05, 0.1) is 12.9 Å². The van der Waals surface area contributed by atoms with Crippen molar-refractivity contribution in [2.75, 3.05) is 33.2 Å². The first-order valence-electron chi connectivity index (χ1n) is 6.90. The summed E-state index contributed by atoms with van der Waals surface area (Å²) in [6.07, 6.45) is 3.59. The predicted octanol–water partition coefficient (Wildman–Crippen LogP) is 0.825. The fourth-order valence-electron chi connectivity index (χ4n) is 2.07. The summed E-state index contributed by atoms with van der Waals surface area (Å²) in [5, 5.41) is 0. The lowest BCUT2D eigenvalue weighted by atomic mass is 10.1. The normalized spacial score (nSPS) is 15.6. The Kier molecular flexibility index (Phi) is 6.03. The second-order valence-electron chi connectivity index (χ2n) is 4.92. The number of hydrogen-bond donors (Lipinski definition) is 2. The van der Waals surface area contributed by atoms with Crippen LogP contribution in [0.5, 0.6) is 0 Å².